The van der Waals surface area contributed by atoms with Crippen LogP contribution in [0.15, 0.2) is 0 Å². The van der Waals surface area contributed by atoms with Gasteiger partial charge in [-0.05, 0) is 24.7 Å². The Morgan fingerprint density at radius 2 is 2.20 bits per heavy atom. The highest BCUT2D eigenvalue weighted by molar-refractivity contribution is 4.94. The fraction of sp³-hybridized carbons (Fsp3) is 1.00. The molecule has 1 atom stereocenters. The van der Waals surface area contributed by atoms with Crippen LogP contribution in [0.1, 0.15) is 25.7 Å². The molecule has 2 rings (SSSR count). The van der Waals surface area contributed by atoms with Crippen molar-refractivity contribution in [1.82, 2.24) is 5.32 Å². The minimum Gasteiger partial charge on any atom is -0.392 e. The lowest BCUT2D eigenvalue weighted by molar-refractivity contribution is 0.0108. The Bertz CT molecular complexity index is 131. The Morgan fingerprint density at radius 3 is 2.60 bits per heavy atom. The summed E-state index contributed by atoms with van der Waals surface area (Å²) in [6.45, 7) is 1.95. The number of aliphatic hydroxyl groups is 1. The first-order chi connectivity index (χ1) is 4.81. The third kappa shape index (κ3) is 0.956. The van der Waals surface area contributed by atoms with Crippen molar-refractivity contribution in [2.45, 2.75) is 31.8 Å². The fourth-order valence-corrected chi connectivity index (χ4v) is 2.21. The normalized spacial score (nSPS) is 37.5. The molecule has 0 amide bonds. The van der Waals surface area contributed by atoms with E-state index >= 15 is 0 Å². The summed E-state index contributed by atoms with van der Waals surface area (Å²) >= 11 is 0. The molecular formula is C8H15NO. The van der Waals surface area contributed by atoms with Gasteiger partial charge in [0, 0.05) is 13.1 Å². The molecule has 2 fully saturated rings. The summed E-state index contributed by atoms with van der Waals surface area (Å²) in [6, 6.07) is 0. The molecule has 1 aliphatic heterocycles. The smallest absolute Gasteiger partial charge is 0.0670 e. The van der Waals surface area contributed by atoms with E-state index in [0.29, 0.717) is 5.41 Å². The summed E-state index contributed by atoms with van der Waals surface area (Å²) in [7, 11) is 0. The molecule has 0 aromatic heterocycles. The minimum absolute atomic E-state index is 0.0750. The second-order valence-electron chi connectivity index (χ2n) is 3.84. The summed E-state index contributed by atoms with van der Waals surface area (Å²) < 4.78 is 0. The van der Waals surface area contributed by atoms with Crippen LogP contribution in [0.25, 0.3) is 0 Å². The largest absolute Gasteiger partial charge is 0.392 e. The molecule has 0 aromatic carbocycles. The second kappa shape index (κ2) is 2.21. The minimum atomic E-state index is -0.0750. The lowest BCUT2D eigenvalue weighted by Crippen LogP contribution is -2.50. The predicted molar refractivity (Wildman–Crippen MR) is 39.8 cm³/mol. The number of hydrogen-bond acceptors (Lipinski definition) is 2. The van der Waals surface area contributed by atoms with Crippen molar-refractivity contribution in [1.29, 1.82) is 0 Å². The van der Waals surface area contributed by atoms with Crippen LogP contribution in [0.2, 0.25) is 0 Å². The van der Waals surface area contributed by atoms with Crippen LogP contribution < -0.4 is 5.32 Å². The molecule has 1 aliphatic carbocycles. The molecule has 0 aromatic rings. The van der Waals surface area contributed by atoms with E-state index in [-0.39, 0.29) is 6.10 Å². The van der Waals surface area contributed by atoms with E-state index in [1.165, 1.54) is 19.3 Å². The van der Waals surface area contributed by atoms with Gasteiger partial charge in [0.05, 0.1) is 6.10 Å². The van der Waals surface area contributed by atoms with E-state index < -0.39 is 0 Å². The van der Waals surface area contributed by atoms with Gasteiger partial charge in [-0.3, -0.25) is 0 Å². The maximum atomic E-state index is 9.35. The average molecular weight is 141 g/mol. The number of rotatable bonds is 0. The zero-order valence-electron chi connectivity index (χ0n) is 6.27. The van der Waals surface area contributed by atoms with Gasteiger partial charge in [-0.25, -0.2) is 0 Å². The van der Waals surface area contributed by atoms with Crippen LogP contribution in [0.4, 0.5) is 0 Å². The Labute approximate surface area is 61.6 Å². The molecule has 0 radical (unpaired) electrons. The molecule has 1 saturated carbocycles. The van der Waals surface area contributed by atoms with Gasteiger partial charge in [-0.15, -0.1) is 0 Å². The van der Waals surface area contributed by atoms with E-state index in [1.807, 2.05) is 0 Å². The van der Waals surface area contributed by atoms with E-state index in [0.717, 1.165) is 19.5 Å². The van der Waals surface area contributed by atoms with Gasteiger partial charge in [-0.1, -0.05) is 6.42 Å². The van der Waals surface area contributed by atoms with Crippen LogP contribution >= 0.6 is 0 Å². The topological polar surface area (TPSA) is 32.3 Å². The first-order valence-electron chi connectivity index (χ1n) is 4.20. The molecule has 58 valence electrons. The number of β-amino-alcohol motifs (C(OH)–C–C–N with tert-alkyl or cyclic N) is 1. The molecule has 2 aliphatic rings. The molecule has 2 N–H and O–H groups in total. The summed E-state index contributed by atoms with van der Waals surface area (Å²) in [4.78, 5) is 0. The summed E-state index contributed by atoms with van der Waals surface area (Å²) in [5.41, 5.74) is 0.512. The quantitative estimate of drug-likeness (QED) is 0.515. The highest BCUT2D eigenvalue weighted by Gasteiger charge is 2.40. The van der Waals surface area contributed by atoms with Crippen LogP contribution in [0, 0.1) is 5.41 Å². The lowest BCUT2D eigenvalue weighted by Gasteiger charge is -2.46. The summed E-state index contributed by atoms with van der Waals surface area (Å²) in [5, 5.41) is 12.6. The highest BCUT2D eigenvalue weighted by Crippen LogP contribution is 2.45. The Balaban J connectivity index is 1.96. The van der Waals surface area contributed by atoms with Crippen molar-refractivity contribution < 1.29 is 5.11 Å². The number of nitrogens with one attached hydrogen (secondary N) is 1. The van der Waals surface area contributed by atoms with Gasteiger partial charge in [0.25, 0.3) is 0 Å². The van der Waals surface area contributed by atoms with Crippen LogP contribution in [0.5, 0.6) is 0 Å². The molecule has 2 nitrogen and oxygen atoms in total. The third-order valence-corrected chi connectivity index (χ3v) is 2.96. The van der Waals surface area contributed by atoms with Crippen molar-refractivity contribution in [3.63, 3.8) is 0 Å². The van der Waals surface area contributed by atoms with Gasteiger partial charge in [0.1, 0.15) is 0 Å². The fourth-order valence-electron chi connectivity index (χ4n) is 2.21. The van der Waals surface area contributed by atoms with Crippen LogP contribution in [0.3, 0.4) is 0 Å². The Morgan fingerprint density at radius 1 is 1.40 bits per heavy atom. The third-order valence-electron chi connectivity index (χ3n) is 2.96. The summed E-state index contributed by atoms with van der Waals surface area (Å²) in [5.74, 6) is 0. The molecule has 0 bridgehead atoms. The van der Waals surface area contributed by atoms with E-state index in [1.54, 1.807) is 0 Å². The first kappa shape index (κ1) is 6.62. The van der Waals surface area contributed by atoms with Crippen LogP contribution in [-0.4, -0.2) is 24.3 Å². The van der Waals surface area contributed by atoms with Crippen molar-refractivity contribution in [3.05, 3.63) is 0 Å². The molecule has 0 unspecified atom stereocenters. The number of hydrogen-bond donors (Lipinski definition) is 2. The second-order valence-corrected chi connectivity index (χ2v) is 3.84. The van der Waals surface area contributed by atoms with E-state index in [2.05, 4.69) is 5.32 Å². The first-order valence-corrected chi connectivity index (χ1v) is 4.20. The van der Waals surface area contributed by atoms with Gasteiger partial charge in [0.2, 0.25) is 0 Å². The SMILES string of the molecule is O[C@@H]1CNCC2(CCC2)C1. The molecular weight excluding hydrogens is 126 g/mol. The zero-order chi connectivity index (χ0) is 7.03. The Kier molecular flexibility index (Phi) is 1.46. The maximum absolute atomic E-state index is 9.35. The van der Waals surface area contributed by atoms with Gasteiger partial charge >= 0.3 is 0 Å². The van der Waals surface area contributed by atoms with Crippen molar-refractivity contribution in [3.8, 4) is 0 Å². The van der Waals surface area contributed by atoms with Crippen molar-refractivity contribution in [2.24, 2.45) is 5.41 Å². The standard InChI is InChI=1S/C8H15NO/c10-7-4-8(2-1-3-8)6-9-5-7/h7,9-10H,1-6H2/t7-/m0/s1. The predicted octanol–water partition coefficient (Wildman–Crippen LogP) is 0.511. The lowest BCUT2D eigenvalue weighted by atomic mass is 9.64. The Hall–Kier alpha value is -0.0800. The van der Waals surface area contributed by atoms with Gasteiger partial charge < -0.3 is 10.4 Å². The van der Waals surface area contributed by atoms with Gasteiger partial charge in [-0.2, -0.15) is 0 Å². The van der Waals surface area contributed by atoms with Crippen molar-refractivity contribution >= 4 is 0 Å². The molecule has 1 heterocycles. The number of aliphatic hydroxyl groups excluding tert-OH is 1. The monoisotopic (exact) mass is 141 g/mol. The highest BCUT2D eigenvalue weighted by atomic mass is 16.3. The van der Waals surface area contributed by atoms with Gasteiger partial charge in [0.15, 0.2) is 0 Å². The van der Waals surface area contributed by atoms with Crippen LogP contribution in [-0.2, 0) is 0 Å². The average Bonchev–Trinajstić information content (AvgIpc) is 1.85. The summed E-state index contributed by atoms with van der Waals surface area (Å²) in [6.07, 6.45) is 5.00. The maximum Gasteiger partial charge on any atom is 0.0670 e. The van der Waals surface area contributed by atoms with E-state index in [4.69, 9.17) is 0 Å². The molecule has 1 spiro atoms. The molecule has 2 heteroatoms. The van der Waals surface area contributed by atoms with E-state index in [9.17, 15) is 5.11 Å². The van der Waals surface area contributed by atoms with Crippen molar-refractivity contribution in [2.75, 3.05) is 13.1 Å². The number of piperidine rings is 1. The zero-order valence-corrected chi connectivity index (χ0v) is 6.27. The molecule has 1 saturated heterocycles. The molecule has 10 heavy (non-hydrogen) atoms.